The van der Waals surface area contributed by atoms with Gasteiger partial charge in [-0.15, -0.1) is 0 Å². The maximum atomic E-state index is 13.7. The summed E-state index contributed by atoms with van der Waals surface area (Å²) in [5, 5.41) is 3.64. The monoisotopic (exact) mass is 287 g/mol. The molecule has 2 bridgehead atoms. The molecule has 2 atom stereocenters. The van der Waals surface area contributed by atoms with Crippen molar-refractivity contribution in [3.8, 4) is 5.75 Å². The van der Waals surface area contributed by atoms with Gasteiger partial charge in [-0.1, -0.05) is 12.5 Å². The van der Waals surface area contributed by atoms with E-state index >= 15 is 0 Å². The van der Waals surface area contributed by atoms with Gasteiger partial charge in [0, 0.05) is 17.6 Å². The Morgan fingerprint density at radius 1 is 1.19 bits per heavy atom. The van der Waals surface area contributed by atoms with Crippen LogP contribution < -0.4 is 10.1 Å². The molecule has 21 heavy (non-hydrogen) atoms. The maximum absolute atomic E-state index is 13.7. The van der Waals surface area contributed by atoms with Gasteiger partial charge < -0.3 is 10.1 Å². The molecule has 0 radical (unpaired) electrons. The lowest BCUT2D eigenvalue weighted by atomic mass is 9.84. The molecule has 2 fully saturated rings. The zero-order valence-corrected chi connectivity index (χ0v) is 12.3. The van der Waals surface area contributed by atoms with Crippen molar-refractivity contribution in [2.24, 2.45) is 5.92 Å². The third-order valence-electron chi connectivity index (χ3n) is 4.85. The molecule has 1 saturated carbocycles. The van der Waals surface area contributed by atoms with E-state index < -0.39 is 0 Å². The fraction of sp³-hybridized carbons (Fsp3) is 0.556. The smallest absolute Gasteiger partial charge is 0.126 e. The van der Waals surface area contributed by atoms with Gasteiger partial charge in [0.05, 0.1) is 6.61 Å². The highest BCUT2D eigenvalue weighted by molar-refractivity contribution is 5.72. The number of hydrogen-bond donors (Lipinski definition) is 1. The predicted molar refractivity (Wildman–Crippen MR) is 81.8 cm³/mol. The Hall–Kier alpha value is -1.35. The van der Waals surface area contributed by atoms with Crippen molar-refractivity contribution in [3.05, 3.63) is 35.7 Å². The van der Waals surface area contributed by atoms with Gasteiger partial charge in [-0.2, -0.15) is 0 Å². The third kappa shape index (κ3) is 2.98. The molecule has 3 aliphatic rings. The number of halogens is 1. The van der Waals surface area contributed by atoms with E-state index in [1.54, 1.807) is 12.1 Å². The number of piperidine rings is 1. The summed E-state index contributed by atoms with van der Waals surface area (Å²) in [5.41, 5.74) is 2.22. The summed E-state index contributed by atoms with van der Waals surface area (Å²) >= 11 is 0. The number of ether oxygens (including phenoxy) is 1. The molecule has 0 amide bonds. The molecule has 0 spiro atoms. The molecule has 1 aromatic carbocycles. The van der Waals surface area contributed by atoms with Crippen LogP contribution in [-0.4, -0.2) is 18.7 Å². The van der Waals surface area contributed by atoms with Crippen LogP contribution in [-0.2, 0) is 0 Å². The zero-order valence-electron chi connectivity index (χ0n) is 12.3. The van der Waals surface area contributed by atoms with Crippen LogP contribution in [0.1, 0.15) is 44.1 Å². The highest BCUT2D eigenvalue weighted by Gasteiger charge is 2.28. The van der Waals surface area contributed by atoms with E-state index in [9.17, 15) is 4.39 Å². The van der Waals surface area contributed by atoms with E-state index in [1.807, 2.05) is 0 Å². The van der Waals surface area contributed by atoms with Crippen LogP contribution in [0.2, 0.25) is 0 Å². The second kappa shape index (κ2) is 5.45. The van der Waals surface area contributed by atoms with Crippen molar-refractivity contribution < 1.29 is 9.13 Å². The van der Waals surface area contributed by atoms with Crippen LogP contribution in [0.15, 0.2) is 24.3 Å². The van der Waals surface area contributed by atoms with Gasteiger partial charge in [-0.3, -0.25) is 0 Å². The first kappa shape index (κ1) is 13.3. The summed E-state index contributed by atoms with van der Waals surface area (Å²) < 4.78 is 19.7. The molecule has 2 nitrogen and oxygen atoms in total. The number of benzene rings is 1. The minimum atomic E-state index is -0.173. The molecule has 112 valence electrons. The number of nitrogens with one attached hydrogen (secondary N) is 1. The Morgan fingerprint density at radius 3 is 2.90 bits per heavy atom. The first-order chi connectivity index (χ1) is 10.3. The van der Waals surface area contributed by atoms with Crippen LogP contribution >= 0.6 is 0 Å². The summed E-state index contributed by atoms with van der Waals surface area (Å²) in [7, 11) is 0. The molecule has 3 heteroatoms. The van der Waals surface area contributed by atoms with E-state index in [4.69, 9.17) is 4.74 Å². The van der Waals surface area contributed by atoms with Crippen molar-refractivity contribution >= 4 is 5.57 Å². The molecule has 2 heterocycles. The second-order valence-electron chi connectivity index (χ2n) is 6.69. The van der Waals surface area contributed by atoms with Crippen LogP contribution in [0.3, 0.4) is 0 Å². The highest BCUT2D eigenvalue weighted by atomic mass is 19.1. The molecule has 1 saturated heterocycles. The van der Waals surface area contributed by atoms with Crippen molar-refractivity contribution in [2.75, 3.05) is 6.61 Å². The average Bonchev–Trinajstić information content (AvgIpc) is 3.29. The fourth-order valence-electron chi connectivity index (χ4n) is 3.49. The first-order valence-corrected chi connectivity index (χ1v) is 8.17. The van der Waals surface area contributed by atoms with Gasteiger partial charge in [0.1, 0.15) is 11.6 Å². The largest absolute Gasteiger partial charge is 0.493 e. The molecule has 0 aromatic heterocycles. The third-order valence-corrected chi connectivity index (χ3v) is 4.85. The fourth-order valence-corrected chi connectivity index (χ4v) is 3.49. The van der Waals surface area contributed by atoms with Crippen molar-refractivity contribution in [1.82, 2.24) is 5.32 Å². The Balaban J connectivity index is 1.62. The van der Waals surface area contributed by atoms with Gasteiger partial charge in [0.25, 0.3) is 0 Å². The normalized spacial score (nSPS) is 28.1. The molecule has 2 aliphatic heterocycles. The molecular formula is C18H22FNO. The van der Waals surface area contributed by atoms with Crippen LogP contribution in [0.5, 0.6) is 5.75 Å². The molecule has 4 rings (SSSR count). The number of hydrogen-bond acceptors (Lipinski definition) is 2. The Labute approximate surface area is 125 Å². The average molecular weight is 287 g/mol. The first-order valence-electron chi connectivity index (χ1n) is 8.17. The van der Waals surface area contributed by atoms with Crippen LogP contribution in [0, 0.1) is 11.7 Å². The lowest BCUT2D eigenvalue weighted by Gasteiger charge is -2.35. The van der Waals surface area contributed by atoms with Gasteiger partial charge in [-0.05, 0) is 61.8 Å². The van der Waals surface area contributed by atoms with Crippen LogP contribution in [0.25, 0.3) is 5.57 Å². The van der Waals surface area contributed by atoms with E-state index in [2.05, 4.69) is 11.4 Å². The molecule has 2 unspecified atom stereocenters. The highest BCUT2D eigenvalue weighted by Crippen LogP contribution is 2.37. The van der Waals surface area contributed by atoms with Gasteiger partial charge in [0.15, 0.2) is 0 Å². The SMILES string of the molecule is Fc1ccc(OCC2CC2)c(C2=CC3CCCC(C2)N3)c1. The minimum Gasteiger partial charge on any atom is -0.493 e. The predicted octanol–water partition coefficient (Wildman–Crippen LogP) is 3.91. The maximum Gasteiger partial charge on any atom is 0.126 e. The Bertz CT molecular complexity index is 564. The summed E-state index contributed by atoms with van der Waals surface area (Å²) in [5.74, 6) is 1.40. The van der Waals surface area contributed by atoms with Crippen molar-refractivity contribution in [1.29, 1.82) is 0 Å². The molecular weight excluding hydrogens is 265 g/mol. The topological polar surface area (TPSA) is 21.3 Å². The Morgan fingerprint density at radius 2 is 2.10 bits per heavy atom. The van der Waals surface area contributed by atoms with Gasteiger partial charge in [0.2, 0.25) is 0 Å². The summed E-state index contributed by atoms with van der Waals surface area (Å²) in [6, 6.07) is 5.95. The van der Waals surface area contributed by atoms with E-state index in [0.29, 0.717) is 18.0 Å². The van der Waals surface area contributed by atoms with E-state index in [-0.39, 0.29) is 5.82 Å². The van der Waals surface area contributed by atoms with Gasteiger partial charge >= 0.3 is 0 Å². The molecule has 1 aliphatic carbocycles. The molecule has 1 N–H and O–H groups in total. The van der Waals surface area contributed by atoms with E-state index in [0.717, 1.165) is 24.3 Å². The summed E-state index contributed by atoms with van der Waals surface area (Å²) in [6.45, 7) is 0.775. The number of rotatable bonds is 4. The lowest BCUT2D eigenvalue weighted by Crippen LogP contribution is -2.44. The summed E-state index contributed by atoms with van der Waals surface area (Å²) in [6.07, 6.45) is 9.52. The zero-order chi connectivity index (χ0) is 14.2. The summed E-state index contributed by atoms with van der Waals surface area (Å²) in [4.78, 5) is 0. The van der Waals surface area contributed by atoms with Crippen molar-refractivity contribution in [2.45, 2.75) is 50.6 Å². The molecule has 1 aromatic rings. The van der Waals surface area contributed by atoms with Gasteiger partial charge in [-0.25, -0.2) is 4.39 Å². The standard InChI is InChI=1S/C18H22FNO/c19-14-6-7-18(21-11-12-4-5-12)17(10-14)13-8-15-2-1-3-16(9-13)20-15/h6-8,10,12,15-16,20H,1-5,9,11H2. The van der Waals surface area contributed by atoms with Crippen LogP contribution in [0.4, 0.5) is 4.39 Å². The van der Waals surface area contributed by atoms with Crippen molar-refractivity contribution in [3.63, 3.8) is 0 Å². The number of fused-ring (bicyclic) bond motifs is 2. The Kier molecular flexibility index (Phi) is 3.46. The quantitative estimate of drug-likeness (QED) is 0.906. The minimum absolute atomic E-state index is 0.173. The second-order valence-corrected chi connectivity index (χ2v) is 6.69. The van der Waals surface area contributed by atoms with E-state index in [1.165, 1.54) is 43.7 Å². The lowest BCUT2D eigenvalue weighted by molar-refractivity contribution is 0.297.